The summed E-state index contributed by atoms with van der Waals surface area (Å²) >= 11 is 0. The van der Waals surface area contributed by atoms with E-state index in [1.54, 1.807) is 13.2 Å². The molecule has 2 aromatic rings. The Balaban J connectivity index is 2.34. The number of anilines is 1. The molecule has 1 N–H and O–H groups in total. The number of nitrogens with zero attached hydrogens (tertiary/aromatic N) is 2. The van der Waals surface area contributed by atoms with Gasteiger partial charge in [0.25, 0.3) is 5.69 Å². The van der Waals surface area contributed by atoms with Crippen molar-refractivity contribution in [3.63, 3.8) is 0 Å². The van der Waals surface area contributed by atoms with Crippen LogP contribution in [-0.2, 0) is 14.8 Å². The highest BCUT2D eigenvalue weighted by Crippen LogP contribution is 2.33. The van der Waals surface area contributed by atoms with E-state index in [2.05, 4.69) is 5.32 Å². The maximum absolute atomic E-state index is 12.8. The number of sulfonamides is 1. The molecule has 0 heterocycles. The third kappa shape index (κ3) is 5.88. The molecule has 174 valence electrons. The van der Waals surface area contributed by atoms with Crippen molar-refractivity contribution in [3.8, 4) is 11.5 Å². The number of nitrogens with one attached hydrogen (secondary N) is 1. The number of hydrogen-bond acceptors (Lipinski definition) is 7. The molecule has 0 saturated heterocycles. The normalized spacial score (nSPS) is 12.0. The fourth-order valence-corrected chi connectivity index (χ4v) is 4.13. The van der Waals surface area contributed by atoms with E-state index in [1.807, 2.05) is 26.0 Å². The highest BCUT2D eigenvalue weighted by Gasteiger charge is 2.27. The summed E-state index contributed by atoms with van der Waals surface area (Å²) < 4.78 is 36.2. The second-order valence-corrected chi connectivity index (χ2v) is 9.05. The van der Waals surface area contributed by atoms with Crippen molar-refractivity contribution < 1.29 is 27.6 Å². The molecule has 0 fully saturated rings. The average molecular weight is 466 g/mol. The molecular weight excluding hydrogens is 438 g/mol. The molecule has 0 spiro atoms. The Morgan fingerprint density at radius 1 is 1.16 bits per heavy atom. The number of methoxy groups -OCH3 is 2. The van der Waals surface area contributed by atoms with Crippen LogP contribution in [0.15, 0.2) is 36.4 Å². The predicted octanol–water partition coefficient (Wildman–Crippen LogP) is 2.95. The van der Waals surface area contributed by atoms with E-state index in [0.29, 0.717) is 6.42 Å². The maximum Gasteiger partial charge on any atom is 0.271 e. The highest BCUT2D eigenvalue weighted by molar-refractivity contribution is 7.92. The van der Waals surface area contributed by atoms with Crippen molar-refractivity contribution in [2.45, 2.75) is 26.3 Å². The van der Waals surface area contributed by atoms with Gasteiger partial charge in [0.1, 0.15) is 23.7 Å². The molecule has 0 radical (unpaired) electrons. The van der Waals surface area contributed by atoms with E-state index < -0.39 is 27.4 Å². The molecule has 0 bridgehead atoms. The zero-order chi connectivity index (χ0) is 24.1. The number of amides is 1. The van der Waals surface area contributed by atoms with Gasteiger partial charge in [-0.3, -0.25) is 19.2 Å². The van der Waals surface area contributed by atoms with Gasteiger partial charge in [-0.25, -0.2) is 8.42 Å². The largest absolute Gasteiger partial charge is 0.496 e. The highest BCUT2D eigenvalue weighted by atomic mass is 32.2. The molecule has 0 unspecified atom stereocenters. The third-order valence-corrected chi connectivity index (χ3v) is 6.02. The Labute approximate surface area is 187 Å². The molecule has 32 heavy (non-hydrogen) atoms. The van der Waals surface area contributed by atoms with Gasteiger partial charge in [-0.05, 0) is 36.6 Å². The predicted molar refractivity (Wildman–Crippen MR) is 121 cm³/mol. The molecule has 2 rings (SSSR count). The fourth-order valence-electron chi connectivity index (χ4n) is 3.28. The van der Waals surface area contributed by atoms with Crippen LogP contribution in [-0.4, -0.2) is 46.3 Å². The lowest BCUT2D eigenvalue weighted by Crippen LogP contribution is -2.41. The summed E-state index contributed by atoms with van der Waals surface area (Å²) in [4.78, 5) is 23.3. The smallest absolute Gasteiger partial charge is 0.271 e. The van der Waals surface area contributed by atoms with Crippen molar-refractivity contribution in [1.29, 1.82) is 0 Å². The van der Waals surface area contributed by atoms with Crippen LogP contribution < -0.4 is 19.1 Å². The number of aryl methyl sites for hydroxylation is 1. The standard InChI is InChI=1S/C21H27N3O7S/c1-6-17(15-7-9-19(30-3)14(2)11-15)22-21(25)13-23(32(5,28)29)18-12-16(24(26)27)8-10-20(18)31-4/h7-12,17H,6,13H2,1-5H3,(H,22,25)/t17-/m0/s1. The van der Waals surface area contributed by atoms with Crippen molar-refractivity contribution in [2.24, 2.45) is 0 Å². The number of non-ortho nitro benzene ring substituents is 1. The van der Waals surface area contributed by atoms with Crippen LogP contribution in [0.4, 0.5) is 11.4 Å². The zero-order valence-corrected chi connectivity index (χ0v) is 19.4. The molecule has 11 heteroatoms. The van der Waals surface area contributed by atoms with Gasteiger partial charge in [-0.1, -0.05) is 19.1 Å². The summed E-state index contributed by atoms with van der Waals surface area (Å²) in [5, 5.41) is 14.0. The van der Waals surface area contributed by atoms with Gasteiger partial charge in [0.15, 0.2) is 0 Å². The molecule has 0 aromatic heterocycles. The minimum Gasteiger partial charge on any atom is -0.496 e. The van der Waals surface area contributed by atoms with Crippen LogP contribution in [0.3, 0.4) is 0 Å². The van der Waals surface area contributed by atoms with E-state index in [1.165, 1.54) is 19.2 Å². The van der Waals surface area contributed by atoms with Crippen LogP contribution in [0.5, 0.6) is 11.5 Å². The monoisotopic (exact) mass is 465 g/mol. The summed E-state index contributed by atoms with van der Waals surface area (Å²) in [5.74, 6) is 0.242. The van der Waals surface area contributed by atoms with Crippen LogP contribution in [0.25, 0.3) is 0 Å². The summed E-state index contributed by atoms with van der Waals surface area (Å²) in [7, 11) is -1.08. The Kier molecular flexibility index (Phi) is 8.03. The number of hydrogen-bond donors (Lipinski definition) is 1. The first-order valence-electron chi connectivity index (χ1n) is 9.75. The number of rotatable bonds is 10. The zero-order valence-electron chi connectivity index (χ0n) is 18.6. The number of benzene rings is 2. The Morgan fingerprint density at radius 3 is 2.28 bits per heavy atom. The molecular formula is C21H27N3O7S. The SMILES string of the molecule is CC[C@H](NC(=O)CN(c1cc([N+](=O)[O-])ccc1OC)S(C)(=O)=O)c1ccc(OC)c(C)c1. The topological polar surface area (TPSA) is 128 Å². The summed E-state index contributed by atoms with van der Waals surface area (Å²) in [5.41, 5.74) is 1.33. The minimum absolute atomic E-state index is 0.0895. The molecule has 2 aromatic carbocycles. The van der Waals surface area contributed by atoms with Gasteiger partial charge in [0.05, 0.1) is 31.4 Å². The summed E-state index contributed by atoms with van der Waals surface area (Å²) in [6, 6.07) is 8.72. The van der Waals surface area contributed by atoms with Gasteiger partial charge in [0, 0.05) is 12.1 Å². The van der Waals surface area contributed by atoms with Crippen molar-refractivity contribution in [1.82, 2.24) is 5.32 Å². The molecule has 0 saturated carbocycles. The Hall–Kier alpha value is -3.34. The van der Waals surface area contributed by atoms with Crippen molar-refractivity contribution >= 4 is 27.3 Å². The van der Waals surface area contributed by atoms with Crippen LogP contribution >= 0.6 is 0 Å². The number of nitro benzene ring substituents is 1. The molecule has 10 nitrogen and oxygen atoms in total. The quantitative estimate of drug-likeness (QED) is 0.422. The number of carbonyl (C=O) groups is 1. The summed E-state index contributed by atoms with van der Waals surface area (Å²) in [6.07, 6.45) is 1.49. The average Bonchev–Trinajstić information content (AvgIpc) is 2.74. The number of carbonyl (C=O) groups excluding carboxylic acids is 1. The molecule has 0 aliphatic heterocycles. The van der Waals surface area contributed by atoms with Crippen LogP contribution in [0.2, 0.25) is 0 Å². The first-order chi connectivity index (χ1) is 15.0. The maximum atomic E-state index is 12.8. The second-order valence-electron chi connectivity index (χ2n) is 7.14. The van der Waals surface area contributed by atoms with Gasteiger partial charge in [0.2, 0.25) is 15.9 Å². The van der Waals surface area contributed by atoms with Crippen molar-refractivity contribution in [3.05, 3.63) is 57.6 Å². The first-order valence-corrected chi connectivity index (χ1v) is 11.6. The fraction of sp³-hybridized carbons (Fsp3) is 0.381. The molecule has 0 aliphatic carbocycles. The van der Waals surface area contributed by atoms with Gasteiger partial charge < -0.3 is 14.8 Å². The molecule has 0 aliphatic rings. The number of nitro groups is 1. The number of ether oxygens (including phenoxy) is 2. The minimum atomic E-state index is -3.96. The van der Waals surface area contributed by atoms with Gasteiger partial charge >= 0.3 is 0 Å². The van der Waals surface area contributed by atoms with Gasteiger partial charge in [-0.2, -0.15) is 0 Å². The molecule has 1 atom stereocenters. The van der Waals surface area contributed by atoms with Crippen LogP contribution in [0, 0.1) is 17.0 Å². The van der Waals surface area contributed by atoms with E-state index in [0.717, 1.165) is 33.5 Å². The third-order valence-electron chi connectivity index (χ3n) is 4.89. The van der Waals surface area contributed by atoms with E-state index in [-0.39, 0.29) is 23.2 Å². The lowest BCUT2D eigenvalue weighted by Gasteiger charge is -2.25. The van der Waals surface area contributed by atoms with Crippen LogP contribution in [0.1, 0.15) is 30.5 Å². The molecule has 1 amide bonds. The van der Waals surface area contributed by atoms with E-state index in [4.69, 9.17) is 9.47 Å². The Bertz CT molecular complexity index is 1100. The lowest BCUT2D eigenvalue weighted by molar-refractivity contribution is -0.384. The lowest BCUT2D eigenvalue weighted by atomic mass is 10.0. The van der Waals surface area contributed by atoms with E-state index >= 15 is 0 Å². The Morgan fingerprint density at radius 2 is 1.78 bits per heavy atom. The summed E-state index contributed by atoms with van der Waals surface area (Å²) in [6.45, 7) is 3.21. The van der Waals surface area contributed by atoms with E-state index in [9.17, 15) is 23.3 Å². The first kappa shape index (κ1) is 24.9. The van der Waals surface area contributed by atoms with Gasteiger partial charge in [-0.15, -0.1) is 0 Å². The second kappa shape index (κ2) is 10.3. The van der Waals surface area contributed by atoms with Crippen molar-refractivity contribution in [2.75, 3.05) is 31.3 Å².